The van der Waals surface area contributed by atoms with E-state index in [1.54, 1.807) is 12.1 Å². The molecule has 1 aliphatic rings. The third-order valence-electron chi connectivity index (χ3n) is 3.12. The summed E-state index contributed by atoms with van der Waals surface area (Å²) in [6.45, 7) is 1.48. The topological polar surface area (TPSA) is 56.0 Å². The van der Waals surface area contributed by atoms with Crippen LogP contribution in [0.3, 0.4) is 0 Å². The Morgan fingerprint density at radius 1 is 1.47 bits per heavy atom. The quantitative estimate of drug-likeness (QED) is 0.831. The molecule has 0 bridgehead atoms. The molecule has 3 nitrogen and oxygen atoms in total. The number of nitrogens with one attached hydrogen (secondary N) is 1. The van der Waals surface area contributed by atoms with Crippen LogP contribution >= 0.6 is 0 Å². The lowest BCUT2D eigenvalue weighted by Gasteiger charge is -2.31. The van der Waals surface area contributed by atoms with Crippen molar-refractivity contribution in [3.63, 3.8) is 0 Å². The zero-order valence-electron chi connectivity index (χ0n) is 9.49. The number of aliphatic hydroxyl groups is 1. The highest BCUT2D eigenvalue weighted by Gasteiger charge is 2.26. The summed E-state index contributed by atoms with van der Waals surface area (Å²) < 4.78 is 13.1. The summed E-state index contributed by atoms with van der Waals surface area (Å²) in [6, 6.07) is 6.40. The zero-order chi connectivity index (χ0) is 12.3. The van der Waals surface area contributed by atoms with E-state index in [2.05, 4.69) is 5.32 Å². The van der Waals surface area contributed by atoms with Crippen molar-refractivity contribution in [3.05, 3.63) is 35.1 Å². The highest BCUT2D eigenvalue weighted by Crippen LogP contribution is 2.26. The number of hydrogen-bond donors (Lipinski definition) is 2. The normalized spacial score (nSPS) is 22.9. The van der Waals surface area contributed by atoms with E-state index in [0.29, 0.717) is 12.5 Å². The number of rotatable bonds is 4. The van der Waals surface area contributed by atoms with E-state index in [0.717, 1.165) is 24.9 Å². The highest BCUT2D eigenvalue weighted by molar-refractivity contribution is 5.34. The second-order valence-corrected chi connectivity index (χ2v) is 4.55. The molecule has 0 spiro atoms. The maximum atomic E-state index is 13.1. The van der Waals surface area contributed by atoms with E-state index >= 15 is 0 Å². The molecule has 17 heavy (non-hydrogen) atoms. The van der Waals surface area contributed by atoms with Crippen LogP contribution in [0.4, 0.5) is 4.39 Å². The zero-order valence-corrected chi connectivity index (χ0v) is 9.49. The van der Waals surface area contributed by atoms with Crippen LogP contribution in [0, 0.1) is 23.1 Å². The Morgan fingerprint density at radius 3 is 2.88 bits per heavy atom. The summed E-state index contributed by atoms with van der Waals surface area (Å²) in [5.74, 6) is 0.0688. The SMILES string of the molecule is N#Cc1cc(CNCC2CC(O)C2)ccc1F. The molecule has 0 atom stereocenters. The number of hydrogen-bond acceptors (Lipinski definition) is 3. The van der Waals surface area contributed by atoms with Gasteiger partial charge in [-0.25, -0.2) is 4.39 Å². The van der Waals surface area contributed by atoms with Crippen LogP contribution < -0.4 is 5.32 Å². The van der Waals surface area contributed by atoms with E-state index in [1.807, 2.05) is 6.07 Å². The van der Waals surface area contributed by atoms with Crippen LogP contribution in [0.25, 0.3) is 0 Å². The van der Waals surface area contributed by atoms with Crippen LogP contribution in [-0.2, 0) is 6.54 Å². The van der Waals surface area contributed by atoms with Crippen molar-refractivity contribution in [2.24, 2.45) is 5.92 Å². The minimum absolute atomic E-state index is 0.0865. The Labute approximate surface area is 99.9 Å². The first kappa shape index (κ1) is 12.0. The van der Waals surface area contributed by atoms with E-state index in [4.69, 9.17) is 10.4 Å². The van der Waals surface area contributed by atoms with Gasteiger partial charge >= 0.3 is 0 Å². The first-order valence-electron chi connectivity index (χ1n) is 5.76. The lowest BCUT2D eigenvalue weighted by atomic mass is 9.82. The number of nitriles is 1. The molecule has 0 amide bonds. The fraction of sp³-hybridized carbons (Fsp3) is 0.462. The number of halogens is 1. The van der Waals surface area contributed by atoms with E-state index in [9.17, 15) is 4.39 Å². The predicted molar refractivity (Wildman–Crippen MR) is 61.6 cm³/mol. The van der Waals surface area contributed by atoms with Crippen molar-refractivity contribution in [2.45, 2.75) is 25.5 Å². The van der Waals surface area contributed by atoms with Crippen molar-refractivity contribution in [1.82, 2.24) is 5.32 Å². The van der Waals surface area contributed by atoms with Gasteiger partial charge in [0, 0.05) is 6.54 Å². The van der Waals surface area contributed by atoms with Crippen molar-refractivity contribution < 1.29 is 9.50 Å². The predicted octanol–water partition coefficient (Wildman–Crippen LogP) is 1.56. The molecule has 2 rings (SSSR count). The van der Waals surface area contributed by atoms with Gasteiger partial charge in [0.2, 0.25) is 0 Å². The fourth-order valence-corrected chi connectivity index (χ4v) is 2.06. The lowest BCUT2D eigenvalue weighted by molar-refractivity contribution is 0.0430. The van der Waals surface area contributed by atoms with Gasteiger partial charge < -0.3 is 10.4 Å². The Bertz CT molecular complexity index is 436. The molecule has 0 aliphatic heterocycles. The maximum absolute atomic E-state index is 13.1. The molecule has 1 aromatic carbocycles. The minimum atomic E-state index is -0.474. The molecule has 0 saturated heterocycles. The Kier molecular flexibility index (Phi) is 3.72. The molecule has 90 valence electrons. The molecule has 0 heterocycles. The van der Waals surface area contributed by atoms with Gasteiger partial charge in [0.15, 0.2) is 0 Å². The van der Waals surface area contributed by atoms with Crippen molar-refractivity contribution in [2.75, 3.05) is 6.54 Å². The monoisotopic (exact) mass is 234 g/mol. The summed E-state index contributed by atoms with van der Waals surface area (Å²) in [5.41, 5.74) is 0.992. The van der Waals surface area contributed by atoms with Crippen molar-refractivity contribution in [1.29, 1.82) is 5.26 Å². The van der Waals surface area contributed by atoms with E-state index in [1.165, 1.54) is 6.07 Å². The molecule has 1 aliphatic carbocycles. The van der Waals surface area contributed by atoms with Gasteiger partial charge in [0.25, 0.3) is 0 Å². The van der Waals surface area contributed by atoms with Gasteiger partial charge in [0.1, 0.15) is 11.9 Å². The summed E-state index contributed by atoms with van der Waals surface area (Å²) in [5, 5.41) is 21.1. The molecule has 1 aromatic rings. The Balaban J connectivity index is 1.81. The third-order valence-corrected chi connectivity index (χ3v) is 3.12. The van der Waals surface area contributed by atoms with Crippen LogP contribution in [0.15, 0.2) is 18.2 Å². The van der Waals surface area contributed by atoms with Gasteiger partial charge in [-0.2, -0.15) is 5.26 Å². The molecule has 0 radical (unpaired) electrons. The number of nitrogens with zero attached hydrogens (tertiary/aromatic N) is 1. The Morgan fingerprint density at radius 2 is 2.24 bits per heavy atom. The first-order valence-corrected chi connectivity index (χ1v) is 5.76. The average Bonchev–Trinajstić information content (AvgIpc) is 2.29. The van der Waals surface area contributed by atoms with Gasteiger partial charge in [-0.05, 0) is 43.0 Å². The smallest absolute Gasteiger partial charge is 0.140 e. The van der Waals surface area contributed by atoms with Crippen molar-refractivity contribution >= 4 is 0 Å². The van der Waals surface area contributed by atoms with E-state index < -0.39 is 5.82 Å². The molecule has 1 saturated carbocycles. The molecule has 0 aromatic heterocycles. The lowest BCUT2D eigenvalue weighted by Crippen LogP contribution is -2.35. The third kappa shape index (κ3) is 3.02. The summed E-state index contributed by atoms with van der Waals surface area (Å²) in [4.78, 5) is 0. The van der Waals surface area contributed by atoms with Crippen LogP contribution in [0.5, 0.6) is 0 Å². The van der Waals surface area contributed by atoms with E-state index in [-0.39, 0.29) is 11.7 Å². The fourth-order valence-electron chi connectivity index (χ4n) is 2.06. The average molecular weight is 234 g/mol. The second-order valence-electron chi connectivity index (χ2n) is 4.55. The van der Waals surface area contributed by atoms with Crippen molar-refractivity contribution in [3.8, 4) is 6.07 Å². The van der Waals surface area contributed by atoms with Crippen LogP contribution in [-0.4, -0.2) is 17.8 Å². The molecule has 1 fully saturated rings. The van der Waals surface area contributed by atoms with Crippen LogP contribution in [0.1, 0.15) is 24.0 Å². The largest absolute Gasteiger partial charge is 0.393 e. The molecular formula is C13H15FN2O. The molecule has 2 N–H and O–H groups in total. The second kappa shape index (κ2) is 5.26. The van der Waals surface area contributed by atoms with Gasteiger partial charge in [-0.1, -0.05) is 6.07 Å². The van der Waals surface area contributed by atoms with Gasteiger partial charge in [-0.15, -0.1) is 0 Å². The molecular weight excluding hydrogens is 219 g/mol. The maximum Gasteiger partial charge on any atom is 0.140 e. The minimum Gasteiger partial charge on any atom is -0.393 e. The number of benzene rings is 1. The summed E-state index contributed by atoms with van der Waals surface area (Å²) >= 11 is 0. The first-order chi connectivity index (χ1) is 8.19. The Hall–Kier alpha value is -1.44. The molecule has 0 unspecified atom stereocenters. The molecule has 4 heteroatoms. The number of aliphatic hydroxyl groups excluding tert-OH is 1. The van der Waals surface area contributed by atoms with Gasteiger partial charge in [-0.3, -0.25) is 0 Å². The van der Waals surface area contributed by atoms with Crippen LogP contribution in [0.2, 0.25) is 0 Å². The standard InChI is InChI=1S/C13H15FN2O/c14-13-2-1-9(3-11(13)6-15)7-16-8-10-4-12(17)5-10/h1-3,10,12,16-17H,4-5,7-8H2. The summed E-state index contributed by atoms with van der Waals surface area (Å²) in [6.07, 6.45) is 1.59. The summed E-state index contributed by atoms with van der Waals surface area (Å²) in [7, 11) is 0. The highest BCUT2D eigenvalue weighted by atomic mass is 19.1. The van der Waals surface area contributed by atoms with Gasteiger partial charge in [0.05, 0.1) is 11.7 Å².